The molecule has 0 amide bonds. The number of allylic oxidation sites excluding steroid dienone is 1. The molecule has 0 saturated carbocycles. The van der Waals surface area contributed by atoms with Crippen molar-refractivity contribution in [1.82, 2.24) is 4.90 Å². The van der Waals surface area contributed by atoms with Crippen LogP contribution >= 0.6 is 23.2 Å². The summed E-state index contributed by atoms with van der Waals surface area (Å²) in [5.74, 6) is -0.992. The van der Waals surface area contributed by atoms with E-state index in [4.69, 9.17) is 27.9 Å². The van der Waals surface area contributed by atoms with Crippen molar-refractivity contribution in [2.45, 2.75) is 0 Å². The summed E-state index contributed by atoms with van der Waals surface area (Å²) in [5.41, 5.74) is -0.153. The van der Waals surface area contributed by atoms with Gasteiger partial charge < -0.3 is 9.64 Å². The second kappa shape index (κ2) is 7.49. The Labute approximate surface area is 143 Å². The van der Waals surface area contributed by atoms with Crippen molar-refractivity contribution in [3.63, 3.8) is 0 Å². The molecule has 2 rings (SSSR count). The molecule has 120 valence electrons. The SMILES string of the molecule is CN(C)/C=C(\Oc1ccc(Cl)cc1)C(=O)c1cccc(Cl)c1F. The van der Waals surface area contributed by atoms with E-state index in [2.05, 4.69) is 0 Å². The monoisotopic (exact) mass is 353 g/mol. The van der Waals surface area contributed by atoms with E-state index < -0.39 is 11.6 Å². The van der Waals surface area contributed by atoms with Crippen LogP contribution in [0.25, 0.3) is 0 Å². The summed E-state index contributed by atoms with van der Waals surface area (Å²) in [6.07, 6.45) is 1.47. The van der Waals surface area contributed by atoms with Crippen LogP contribution in [0, 0.1) is 5.82 Å². The van der Waals surface area contributed by atoms with Gasteiger partial charge in [0.1, 0.15) is 5.75 Å². The van der Waals surface area contributed by atoms with Crippen LogP contribution in [0.15, 0.2) is 54.4 Å². The molecule has 2 aromatic rings. The smallest absolute Gasteiger partial charge is 0.232 e. The Morgan fingerprint density at radius 1 is 1.13 bits per heavy atom. The number of carbonyl (C=O) groups excluding carboxylic acids is 1. The van der Waals surface area contributed by atoms with E-state index in [1.165, 1.54) is 24.4 Å². The number of ketones is 1. The second-order valence-electron chi connectivity index (χ2n) is 4.94. The average Bonchev–Trinajstić information content (AvgIpc) is 2.50. The Hall–Kier alpha value is -2.04. The standard InChI is InChI=1S/C17H14Cl2FNO2/c1-21(2)10-15(23-12-8-6-11(18)7-9-12)17(22)13-4-3-5-14(19)16(13)20/h3-10H,1-2H3/b15-10-. The lowest BCUT2D eigenvalue weighted by Crippen LogP contribution is -2.15. The van der Waals surface area contributed by atoms with Crippen molar-refractivity contribution in [3.8, 4) is 5.75 Å². The van der Waals surface area contributed by atoms with Gasteiger partial charge in [-0.2, -0.15) is 0 Å². The van der Waals surface area contributed by atoms with Crippen molar-refractivity contribution in [2.75, 3.05) is 14.1 Å². The maximum Gasteiger partial charge on any atom is 0.232 e. The Kier molecular flexibility index (Phi) is 5.64. The number of halogens is 3. The lowest BCUT2D eigenvalue weighted by molar-refractivity contribution is 0.0978. The van der Waals surface area contributed by atoms with Crippen molar-refractivity contribution in [3.05, 3.63) is 75.8 Å². The molecule has 3 nitrogen and oxygen atoms in total. The summed E-state index contributed by atoms with van der Waals surface area (Å²) in [6, 6.07) is 10.7. The summed E-state index contributed by atoms with van der Waals surface area (Å²) < 4.78 is 19.7. The third-order valence-corrected chi connectivity index (χ3v) is 3.38. The van der Waals surface area contributed by atoms with Crippen LogP contribution < -0.4 is 4.74 Å². The molecule has 0 aliphatic carbocycles. The van der Waals surface area contributed by atoms with E-state index in [-0.39, 0.29) is 16.3 Å². The van der Waals surface area contributed by atoms with Crippen LogP contribution in [0.5, 0.6) is 5.75 Å². The number of nitrogens with zero attached hydrogens (tertiary/aromatic N) is 1. The first-order chi connectivity index (χ1) is 10.9. The maximum absolute atomic E-state index is 14.1. The molecule has 0 heterocycles. The van der Waals surface area contributed by atoms with Gasteiger partial charge in [0.05, 0.1) is 10.6 Å². The molecule has 0 atom stereocenters. The maximum atomic E-state index is 14.1. The van der Waals surface area contributed by atoms with Crippen LogP contribution in [0.1, 0.15) is 10.4 Å². The van der Waals surface area contributed by atoms with Gasteiger partial charge in [0.25, 0.3) is 0 Å². The molecular weight excluding hydrogens is 340 g/mol. The molecule has 2 aromatic carbocycles. The minimum atomic E-state index is -0.775. The van der Waals surface area contributed by atoms with Crippen LogP contribution in [-0.2, 0) is 0 Å². The summed E-state index contributed by atoms with van der Waals surface area (Å²) in [4.78, 5) is 14.2. The number of Topliss-reactive ketones (excluding diaryl/α,β-unsaturated/α-hetero) is 1. The van der Waals surface area contributed by atoms with E-state index in [1.54, 1.807) is 43.3 Å². The van der Waals surface area contributed by atoms with E-state index in [0.29, 0.717) is 10.8 Å². The highest BCUT2D eigenvalue weighted by atomic mass is 35.5. The Bertz CT molecular complexity index is 743. The largest absolute Gasteiger partial charge is 0.452 e. The molecule has 0 unspecified atom stereocenters. The zero-order valence-electron chi connectivity index (χ0n) is 12.5. The lowest BCUT2D eigenvalue weighted by atomic mass is 10.1. The summed E-state index contributed by atoms with van der Waals surface area (Å²) >= 11 is 11.6. The van der Waals surface area contributed by atoms with Gasteiger partial charge in [-0.1, -0.05) is 29.3 Å². The van der Waals surface area contributed by atoms with Crippen LogP contribution in [0.2, 0.25) is 10.0 Å². The van der Waals surface area contributed by atoms with Gasteiger partial charge in [-0.3, -0.25) is 4.79 Å². The zero-order chi connectivity index (χ0) is 17.0. The normalized spacial score (nSPS) is 11.3. The molecule has 6 heteroatoms. The van der Waals surface area contributed by atoms with Gasteiger partial charge in [0.15, 0.2) is 11.6 Å². The van der Waals surface area contributed by atoms with E-state index >= 15 is 0 Å². The quantitative estimate of drug-likeness (QED) is 0.439. The van der Waals surface area contributed by atoms with Gasteiger partial charge in [-0.25, -0.2) is 4.39 Å². The molecule has 0 spiro atoms. The summed E-state index contributed by atoms with van der Waals surface area (Å²) in [7, 11) is 3.46. The highest BCUT2D eigenvalue weighted by Gasteiger charge is 2.20. The molecular formula is C17H14Cl2FNO2. The topological polar surface area (TPSA) is 29.5 Å². The molecule has 0 aromatic heterocycles. The van der Waals surface area contributed by atoms with Crippen LogP contribution in [-0.4, -0.2) is 24.8 Å². The molecule has 0 fully saturated rings. The molecule has 0 bridgehead atoms. The Morgan fingerprint density at radius 3 is 2.39 bits per heavy atom. The fourth-order valence-electron chi connectivity index (χ4n) is 1.81. The molecule has 0 aliphatic rings. The number of hydrogen-bond donors (Lipinski definition) is 0. The number of hydrogen-bond acceptors (Lipinski definition) is 3. The predicted molar refractivity (Wildman–Crippen MR) is 89.6 cm³/mol. The molecule has 0 saturated heterocycles. The first-order valence-electron chi connectivity index (χ1n) is 6.69. The van der Waals surface area contributed by atoms with E-state index in [9.17, 15) is 9.18 Å². The fraction of sp³-hybridized carbons (Fsp3) is 0.118. The van der Waals surface area contributed by atoms with Crippen molar-refractivity contribution in [2.24, 2.45) is 0 Å². The molecule has 0 radical (unpaired) electrons. The van der Waals surface area contributed by atoms with Crippen LogP contribution in [0.3, 0.4) is 0 Å². The van der Waals surface area contributed by atoms with Gasteiger partial charge in [-0.05, 0) is 36.4 Å². The molecule has 0 aliphatic heterocycles. The minimum Gasteiger partial charge on any atom is -0.452 e. The number of rotatable bonds is 5. The van der Waals surface area contributed by atoms with Gasteiger partial charge in [0.2, 0.25) is 5.78 Å². The third kappa shape index (κ3) is 4.47. The summed E-state index contributed by atoms with van der Waals surface area (Å²) in [6.45, 7) is 0. The lowest BCUT2D eigenvalue weighted by Gasteiger charge is -2.13. The van der Waals surface area contributed by atoms with Crippen molar-refractivity contribution < 1.29 is 13.9 Å². The van der Waals surface area contributed by atoms with Gasteiger partial charge in [0, 0.05) is 25.3 Å². The molecule has 23 heavy (non-hydrogen) atoms. The highest BCUT2D eigenvalue weighted by molar-refractivity contribution is 6.31. The van der Waals surface area contributed by atoms with Gasteiger partial charge in [-0.15, -0.1) is 0 Å². The predicted octanol–water partition coefficient (Wildman–Crippen LogP) is 4.80. The van der Waals surface area contributed by atoms with Gasteiger partial charge >= 0.3 is 0 Å². The number of carbonyl (C=O) groups is 1. The van der Waals surface area contributed by atoms with E-state index in [0.717, 1.165) is 0 Å². The number of ether oxygens (including phenoxy) is 1. The Balaban J connectivity index is 2.37. The first-order valence-corrected chi connectivity index (χ1v) is 7.44. The fourth-order valence-corrected chi connectivity index (χ4v) is 2.11. The van der Waals surface area contributed by atoms with Crippen LogP contribution in [0.4, 0.5) is 4.39 Å². The Morgan fingerprint density at radius 2 is 1.78 bits per heavy atom. The summed E-state index contributed by atoms with van der Waals surface area (Å²) in [5, 5.41) is 0.425. The van der Waals surface area contributed by atoms with Crippen molar-refractivity contribution >= 4 is 29.0 Å². The minimum absolute atomic E-state index is 0.0292. The zero-order valence-corrected chi connectivity index (χ0v) is 14.0. The van der Waals surface area contributed by atoms with E-state index in [1.807, 2.05) is 0 Å². The average molecular weight is 354 g/mol. The molecule has 0 N–H and O–H groups in total. The highest BCUT2D eigenvalue weighted by Crippen LogP contribution is 2.23. The first kappa shape index (κ1) is 17.3. The number of benzene rings is 2. The second-order valence-corrected chi connectivity index (χ2v) is 5.79. The third-order valence-electron chi connectivity index (χ3n) is 2.84. The van der Waals surface area contributed by atoms with Crippen molar-refractivity contribution in [1.29, 1.82) is 0 Å².